The Morgan fingerprint density at radius 2 is 1.93 bits per heavy atom. The standard InChI is InChI=1S/C12H21NO/c1-3-12(14)9(2)13-7-10-5-4-6-11(10)8-13/h9-11H,3-8H2,1-2H3. The average Bonchev–Trinajstić information content (AvgIpc) is 2.74. The van der Waals surface area contributed by atoms with E-state index in [-0.39, 0.29) is 6.04 Å². The highest BCUT2D eigenvalue weighted by Gasteiger charge is 2.38. The summed E-state index contributed by atoms with van der Waals surface area (Å²) in [5.41, 5.74) is 0. The number of rotatable bonds is 3. The van der Waals surface area contributed by atoms with Crippen molar-refractivity contribution in [3.8, 4) is 0 Å². The molecule has 1 aliphatic heterocycles. The summed E-state index contributed by atoms with van der Waals surface area (Å²) in [6, 6.07) is 0.172. The minimum absolute atomic E-state index is 0.172. The number of ketones is 1. The molecule has 0 spiro atoms. The number of Topliss-reactive ketones (excluding diaryl/α,β-unsaturated/α-hetero) is 1. The Balaban J connectivity index is 1.92. The highest BCUT2D eigenvalue weighted by atomic mass is 16.1. The second-order valence-electron chi connectivity index (χ2n) is 4.90. The highest BCUT2D eigenvalue weighted by molar-refractivity contribution is 5.83. The molecule has 0 aromatic rings. The van der Waals surface area contributed by atoms with Crippen LogP contribution in [0.2, 0.25) is 0 Å². The van der Waals surface area contributed by atoms with Gasteiger partial charge in [-0.15, -0.1) is 0 Å². The molecule has 2 rings (SSSR count). The maximum Gasteiger partial charge on any atom is 0.149 e. The fourth-order valence-electron chi connectivity index (χ4n) is 3.09. The fourth-order valence-corrected chi connectivity index (χ4v) is 3.09. The fraction of sp³-hybridized carbons (Fsp3) is 0.917. The van der Waals surface area contributed by atoms with Gasteiger partial charge in [0.15, 0.2) is 0 Å². The normalized spacial score (nSPS) is 34.4. The van der Waals surface area contributed by atoms with Crippen LogP contribution in [-0.2, 0) is 4.79 Å². The number of likely N-dealkylation sites (tertiary alicyclic amines) is 1. The Morgan fingerprint density at radius 3 is 2.43 bits per heavy atom. The predicted octanol–water partition coefficient (Wildman–Crippen LogP) is 2.09. The first-order valence-electron chi connectivity index (χ1n) is 5.99. The van der Waals surface area contributed by atoms with Crippen molar-refractivity contribution in [1.82, 2.24) is 4.90 Å². The molecule has 14 heavy (non-hydrogen) atoms. The molecule has 2 fully saturated rings. The van der Waals surface area contributed by atoms with Gasteiger partial charge in [-0.2, -0.15) is 0 Å². The summed E-state index contributed by atoms with van der Waals surface area (Å²) in [6.45, 7) is 6.40. The molecule has 0 aromatic carbocycles. The topological polar surface area (TPSA) is 20.3 Å². The number of fused-ring (bicyclic) bond motifs is 1. The Morgan fingerprint density at radius 1 is 1.36 bits per heavy atom. The van der Waals surface area contributed by atoms with Gasteiger partial charge in [-0.3, -0.25) is 9.69 Å². The van der Waals surface area contributed by atoms with Crippen molar-refractivity contribution < 1.29 is 4.79 Å². The van der Waals surface area contributed by atoms with Crippen LogP contribution in [0.5, 0.6) is 0 Å². The smallest absolute Gasteiger partial charge is 0.149 e. The first kappa shape index (κ1) is 10.2. The van der Waals surface area contributed by atoms with Crippen molar-refractivity contribution in [2.45, 2.75) is 45.6 Å². The first-order chi connectivity index (χ1) is 6.72. The molecule has 2 nitrogen and oxygen atoms in total. The van der Waals surface area contributed by atoms with E-state index in [2.05, 4.69) is 11.8 Å². The molecule has 1 saturated carbocycles. The van der Waals surface area contributed by atoms with E-state index in [0.29, 0.717) is 12.2 Å². The van der Waals surface area contributed by atoms with Gasteiger partial charge in [-0.05, 0) is 31.6 Å². The minimum Gasteiger partial charge on any atom is -0.298 e. The molecule has 2 aliphatic rings. The van der Waals surface area contributed by atoms with Gasteiger partial charge < -0.3 is 0 Å². The van der Waals surface area contributed by atoms with Crippen LogP contribution in [0, 0.1) is 11.8 Å². The Kier molecular flexibility index (Phi) is 2.91. The summed E-state index contributed by atoms with van der Waals surface area (Å²) in [5, 5.41) is 0. The largest absolute Gasteiger partial charge is 0.298 e. The number of hydrogen-bond acceptors (Lipinski definition) is 2. The molecule has 0 amide bonds. The van der Waals surface area contributed by atoms with Crippen molar-refractivity contribution in [1.29, 1.82) is 0 Å². The van der Waals surface area contributed by atoms with E-state index < -0.39 is 0 Å². The predicted molar refractivity (Wildman–Crippen MR) is 57.2 cm³/mol. The molecule has 0 N–H and O–H groups in total. The summed E-state index contributed by atoms with van der Waals surface area (Å²) in [7, 11) is 0. The van der Waals surface area contributed by atoms with E-state index >= 15 is 0 Å². The van der Waals surface area contributed by atoms with E-state index in [4.69, 9.17) is 0 Å². The lowest BCUT2D eigenvalue weighted by atomic mass is 10.0. The number of carbonyl (C=O) groups is 1. The third-order valence-electron chi connectivity index (χ3n) is 4.12. The van der Waals surface area contributed by atoms with Crippen LogP contribution in [0.15, 0.2) is 0 Å². The maximum atomic E-state index is 11.6. The third-order valence-corrected chi connectivity index (χ3v) is 4.12. The summed E-state index contributed by atoms with van der Waals surface area (Å²) >= 11 is 0. The van der Waals surface area contributed by atoms with E-state index in [1.54, 1.807) is 0 Å². The minimum atomic E-state index is 0.172. The van der Waals surface area contributed by atoms with Gasteiger partial charge in [0, 0.05) is 19.5 Å². The summed E-state index contributed by atoms with van der Waals surface area (Å²) in [6.07, 6.45) is 4.90. The van der Waals surface area contributed by atoms with Crippen molar-refractivity contribution in [2.75, 3.05) is 13.1 Å². The zero-order valence-electron chi connectivity index (χ0n) is 9.33. The molecular weight excluding hydrogens is 174 g/mol. The Bertz CT molecular complexity index is 214. The molecule has 2 heteroatoms. The summed E-state index contributed by atoms with van der Waals surface area (Å²) in [4.78, 5) is 14.0. The van der Waals surface area contributed by atoms with Gasteiger partial charge in [0.1, 0.15) is 5.78 Å². The Labute approximate surface area is 86.7 Å². The van der Waals surface area contributed by atoms with E-state index in [9.17, 15) is 4.79 Å². The third kappa shape index (κ3) is 1.72. The van der Waals surface area contributed by atoms with Crippen molar-refractivity contribution in [2.24, 2.45) is 11.8 Å². The zero-order chi connectivity index (χ0) is 10.1. The monoisotopic (exact) mass is 195 g/mol. The van der Waals surface area contributed by atoms with Gasteiger partial charge in [0.2, 0.25) is 0 Å². The first-order valence-corrected chi connectivity index (χ1v) is 5.99. The van der Waals surface area contributed by atoms with Crippen LogP contribution >= 0.6 is 0 Å². The molecule has 1 heterocycles. The van der Waals surface area contributed by atoms with Gasteiger partial charge in [0.05, 0.1) is 6.04 Å². The molecule has 3 unspecified atom stereocenters. The van der Waals surface area contributed by atoms with E-state index in [1.165, 1.54) is 32.4 Å². The summed E-state index contributed by atoms with van der Waals surface area (Å²) < 4.78 is 0. The number of nitrogens with zero attached hydrogens (tertiary/aromatic N) is 1. The molecule has 0 aromatic heterocycles. The van der Waals surface area contributed by atoms with Crippen LogP contribution in [0.1, 0.15) is 39.5 Å². The molecule has 1 aliphatic carbocycles. The van der Waals surface area contributed by atoms with Crippen LogP contribution in [0.25, 0.3) is 0 Å². The van der Waals surface area contributed by atoms with Crippen molar-refractivity contribution in [3.63, 3.8) is 0 Å². The quantitative estimate of drug-likeness (QED) is 0.687. The SMILES string of the molecule is CCC(=O)C(C)N1CC2CCCC2C1. The van der Waals surface area contributed by atoms with E-state index in [1.807, 2.05) is 6.92 Å². The molecule has 3 atom stereocenters. The molecule has 1 saturated heterocycles. The van der Waals surface area contributed by atoms with Crippen LogP contribution in [0.3, 0.4) is 0 Å². The molecule has 80 valence electrons. The lowest BCUT2D eigenvalue weighted by Crippen LogP contribution is -2.37. The van der Waals surface area contributed by atoms with Gasteiger partial charge in [-0.1, -0.05) is 13.3 Å². The lowest BCUT2D eigenvalue weighted by molar-refractivity contribution is -0.123. The van der Waals surface area contributed by atoms with Crippen LogP contribution in [0.4, 0.5) is 0 Å². The van der Waals surface area contributed by atoms with Crippen LogP contribution < -0.4 is 0 Å². The summed E-state index contributed by atoms with van der Waals surface area (Å²) in [5.74, 6) is 2.22. The van der Waals surface area contributed by atoms with E-state index in [0.717, 1.165) is 11.8 Å². The molecule has 0 bridgehead atoms. The van der Waals surface area contributed by atoms with Gasteiger partial charge in [-0.25, -0.2) is 0 Å². The second kappa shape index (κ2) is 4.01. The average molecular weight is 195 g/mol. The lowest BCUT2D eigenvalue weighted by Gasteiger charge is -2.23. The molecule has 0 radical (unpaired) electrons. The maximum absolute atomic E-state index is 11.6. The number of hydrogen-bond donors (Lipinski definition) is 0. The Hall–Kier alpha value is -0.370. The van der Waals surface area contributed by atoms with Gasteiger partial charge in [0.25, 0.3) is 0 Å². The van der Waals surface area contributed by atoms with Crippen molar-refractivity contribution >= 4 is 5.78 Å². The highest BCUT2D eigenvalue weighted by Crippen LogP contribution is 2.38. The van der Waals surface area contributed by atoms with Crippen LogP contribution in [-0.4, -0.2) is 29.8 Å². The van der Waals surface area contributed by atoms with Gasteiger partial charge >= 0.3 is 0 Å². The second-order valence-corrected chi connectivity index (χ2v) is 4.90. The zero-order valence-corrected chi connectivity index (χ0v) is 9.33. The number of carbonyl (C=O) groups excluding carboxylic acids is 1. The van der Waals surface area contributed by atoms with Crippen molar-refractivity contribution in [3.05, 3.63) is 0 Å². The molecular formula is C12H21NO.